The van der Waals surface area contributed by atoms with Gasteiger partial charge in [-0.1, -0.05) is 0 Å². The zero-order valence-corrected chi connectivity index (χ0v) is 6.92. The molecule has 4 heteroatoms. The second-order valence-corrected chi connectivity index (χ2v) is 3.95. The Hall–Kier alpha value is -0.610. The summed E-state index contributed by atoms with van der Waals surface area (Å²) in [7, 11) is 0. The first kappa shape index (κ1) is 8.01. The summed E-state index contributed by atoms with van der Waals surface area (Å²) in [4.78, 5) is 10.8. The molecule has 2 rings (SSSR count). The van der Waals surface area contributed by atoms with Crippen LogP contribution in [0.2, 0.25) is 0 Å². The molecule has 1 heterocycles. The first-order valence-electron chi connectivity index (χ1n) is 4.38. The van der Waals surface area contributed by atoms with Crippen LogP contribution >= 0.6 is 0 Å². The summed E-state index contributed by atoms with van der Waals surface area (Å²) in [6, 6.07) is 0. The van der Waals surface area contributed by atoms with Gasteiger partial charge in [-0.2, -0.15) is 0 Å². The number of carboxylic acid groups (broad SMARTS) is 1. The molecular weight excluding hydrogens is 156 g/mol. The molecule has 0 radical (unpaired) electrons. The van der Waals surface area contributed by atoms with E-state index in [1.165, 1.54) is 0 Å². The normalized spacial score (nSPS) is 46.1. The summed E-state index contributed by atoms with van der Waals surface area (Å²) in [5.41, 5.74) is 5.34. The number of aliphatic carboxylic acids is 1. The van der Waals surface area contributed by atoms with E-state index >= 15 is 0 Å². The van der Waals surface area contributed by atoms with Crippen LogP contribution in [-0.2, 0) is 4.79 Å². The zero-order valence-electron chi connectivity index (χ0n) is 6.92. The molecule has 0 aromatic rings. The SMILES string of the molecule is NC12CC(CCN1)CC2C(=O)O. The van der Waals surface area contributed by atoms with Crippen molar-refractivity contribution in [3.63, 3.8) is 0 Å². The lowest BCUT2D eigenvalue weighted by Crippen LogP contribution is -2.59. The van der Waals surface area contributed by atoms with E-state index in [4.69, 9.17) is 10.8 Å². The number of rotatable bonds is 1. The van der Waals surface area contributed by atoms with Gasteiger partial charge in [0.2, 0.25) is 0 Å². The second kappa shape index (κ2) is 2.44. The van der Waals surface area contributed by atoms with E-state index < -0.39 is 11.6 Å². The van der Waals surface area contributed by atoms with Crippen LogP contribution in [-0.4, -0.2) is 23.3 Å². The van der Waals surface area contributed by atoms with Crippen LogP contribution in [0, 0.1) is 11.8 Å². The van der Waals surface area contributed by atoms with Gasteiger partial charge >= 0.3 is 5.97 Å². The minimum atomic E-state index is -0.755. The van der Waals surface area contributed by atoms with Crippen LogP contribution in [0.5, 0.6) is 0 Å². The Morgan fingerprint density at radius 1 is 1.67 bits per heavy atom. The summed E-state index contributed by atoms with van der Waals surface area (Å²) in [5, 5.41) is 12.0. The Labute approximate surface area is 71.1 Å². The number of fused-ring (bicyclic) bond motifs is 2. The van der Waals surface area contributed by atoms with Crippen molar-refractivity contribution in [1.82, 2.24) is 5.32 Å². The topological polar surface area (TPSA) is 75.3 Å². The molecule has 1 aliphatic carbocycles. The molecule has 0 aromatic carbocycles. The van der Waals surface area contributed by atoms with Gasteiger partial charge in [-0.05, 0) is 31.7 Å². The van der Waals surface area contributed by atoms with Crippen molar-refractivity contribution in [2.75, 3.05) is 6.54 Å². The summed E-state index contributed by atoms with van der Waals surface area (Å²) in [6.45, 7) is 0.866. The zero-order chi connectivity index (χ0) is 8.77. The maximum absolute atomic E-state index is 10.8. The van der Waals surface area contributed by atoms with Gasteiger partial charge in [-0.15, -0.1) is 0 Å². The number of carboxylic acids is 1. The highest BCUT2D eigenvalue weighted by atomic mass is 16.4. The van der Waals surface area contributed by atoms with Gasteiger partial charge in [0.1, 0.15) is 0 Å². The Balaban J connectivity index is 2.21. The van der Waals surface area contributed by atoms with E-state index in [1.54, 1.807) is 0 Å². The van der Waals surface area contributed by atoms with Gasteiger partial charge in [-0.3, -0.25) is 10.1 Å². The third-order valence-electron chi connectivity index (χ3n) is 3.12. The molecular formula is C8H14N2O2. The van der Waals surface area contributed by atoms with E-state index in [9.17, 15) is 4.79 Å². The van der Waals surface area contributed by atoms with E-state index in [-0.39, 0.29) is 5.92 Å². The van der Waals surface area contributed by atoms with Crippen molar-refractivity contribution in [3.8, 4) is 0 Å². The monoisotopic (exact) mass is 170 g/mol. The maximum Gasteiger partial charge on any atom is 0.309 e. The Morgan fingerprint density at radius 3 is 3.00 bits per heavy atom. The van der Waals surface area contributed by atoms with E-state index in [0.29, 0.717) is 5.92 Å². The summed E-state index contributed by atoms with van der Waals surface area (Å²) in [5.74, 6) is -0.614. The van der Waals surface area contributed by atoms with Crippen molar-refractivity contribution >= 4 is 5.97 Å². The summed E-state index contributed by atoms with van der Waals surface area (Å²) >= 11 is 0. The molecule has 3 atom stereocenters. The lowest BCUT2D eigenvalue weighted by molar-refractivity contribution is -0.143. The van der Waals surface area contributed by atoms with Crippen molar-refractivity contribution in [3.05, 3.63) is 0 Å². The highest BCUT2D eigenvalue weighted by Crippen LogP contribution is 2.40. The van der Waals surface area contributed by atoms with Gasteiger partial charge in [0, 0.05) is 0 Å². The number of carbonyl (C=O) groups is 1. The lowest BCUT2D eigenvalue weighted by atomic mass is 9.95. The first-order chi connectivity index (χ1) is 5.62. The van der Waals surface area contributed by atoms with E-state index in [0.717, 1.165) is 25.8 Å². The van der Waals surface area contributed by atoms with Gasteiger partial charge in [0.15, 0.2) is 0 Å². The fourth-order valence-electron chi connectivity index (χ4n) is 2.49. The highest BCUT2D eigenvalue weighted by molar-refractivity contribution is 5.72. The molecule has 1 saturated heterocycles. The number of nitrogens with one attached hydrogen (secondary N) is 1. The van der Waals surface area contributed by atoms with Gasteiger partial charge in [-0.25, -0.2) is 0 Å². The van der Waals surface area contributed by atoms with Gasteiger partial charge < -0.3 is 10.8 Å². The first-order valence-corrected chi connectivity index (χ1v) is 4.38. The molecule has 0 spiro atoms. The number of nitrogens with two attached hydrogens (primary N) is 1. The summed E-state index contributed by atoms with van der Waals surface area (Å²) < 4.78 is 0. The van der Waals surface area contributed by atoms with E-state index in [1.807, 2.05) is 0 Å². The van der Waals surface area contributed by atoms with Crippen LogP contribution in [0.1, 0.15) is 19.3 Å². The Kier molecular flexibility index (Phi) is 1.63. The molecule has 4 N–H and O–H groups in total. The number of hydrogen-bond donors (Lipinski definition) is 3. The molecule has 3 unspecified atom stereocenters. The van der Waals surface area contributed by atoms with Crippen molar-refractivity contribution in [2.24, 2.45) is 17.6 Å². The van der Waals surface area contributed by atoms with Crippen LogP contribution in [0.3, 0.4) is 0 Å². The van der Waals surface area contributed by atoms with Gasteiger partial charge in [0.05, 0.1) is 11.6 Å². The van der Waals surface area contributed by atoms with Crippen LogP contribution in [0.4, 0.5) is 0 Å². The van der Waals surface area contributed by atoms with Crippen LogP contribution in [0.15, 0.2) is 0 Å². The lowest BCUT2D eigenvalue weighted by Gasteiger charge is -2.32. The third-order valence-corrected chi connectivity index (χ3v) is 3.12. The molecule has 68 valence electrons. The minimum absolute atomic E-state index is 0.384. The average molecular weight is 170 g/mol. The Morgan fingerprint density at radius 2 is 2.42 bits per heavy atom. The summed E-state index contributed by atoms with van der Waals surface area (Å²) in [6.07, 6.45) is 2.64. The maximum atomic E-state index is 10.8. The quantitative estimate of drug-likeness (QED) is 0.507. The van der Waals surface area contributed by atoms with Crippen LogP contribution in [0.25, 0.3) is 0 Å². The molecule has 4 nitrogen and oxygen atoms in total. The standard InChI is InChI=1S/C8H14N2O2/c9-8-4-5(1-2-10-8)3-6(8)7(11)12/h5-6,10H,1-4,9H2,(H,11,12). The van der Waals surface area contributed by atoms with Crippen molar-refractivity contribution < 1.29 is 9.90 Å². The minimum Gasteiger partial charge on any atom is -0.481 e. The molecule has 2 bridgehead atoms. The molecule has 1 saturated carbocycles. The smallest absolute Gasteiger partial charge is 0.309 e. The second-order valence-electron chi connectivity index (χ2n) is 3.95. The van der Waals surface area contributed by atoms with E-state index in [2.05, 4.69) is 5.32 Å². The molecule has 0 amide bonds. The molecule has 2 aliphatic rings. The predicted molar refractivity (Wildman–Crippen MR) is 43.4 cm³/mol. The largest absolute Gasteiger partial charge is 0.481 e. The number of hydrogen-bond acceptors (Lipinski definition) is 3. The molecule has 12 heavy (non-hydrogen) atoms. The Bertz CT molecular complexity index is 219. The van der Waals surface area contributed by atoms with Crippen molar-refractivity contribution in [2.45, 2.75) is 24.9 Å². The molecule has 1 aliphatic heterocycles. The fraction of sp³-hybridized carbons (Fsp3) is 0.875. The highest BCUT2D eigenvalue weighted by Gasteiger charge is 2.50. The number of piperidine rings is 1. The predicted octanol–water partition coefficient (Wildman–Crippen LogP) is -0.254. The van der Waals surface area contributed by atoms with Gasteiger partial charge in [0.25, 0.3) is 0 Å². The average Bonchev–Trinajstić information content (AvgIpc) is 2.21. The van der Waals surface area contributed by atoms with Crippen molar-refractivity contribution in [1.29, 1.82) is 0 Å². The fourth-order valence-corrected chi connectivity index (χ4v) is 2.49. The molecule has 0 aromatic heterocycles. The third kappa shape index (κ3) is 1.03. The van der Waals surface area contributed by atoms with Crippen LogP contribution < -0.4 is 11.1 Å². The molecule has 2 fully saturated rings.